The molecule has 0 radical (unpaired) electrons. The summed E-state index contributed by atoms with van der Waals surface area (Å²) in [5.74, 6) is 0.492. The van der Waals surface area contributed by atoms with Crippen LogP contribution in [0.1, 0.15) is 18.5 Å². The van der Waals surface area contributed by atoms with Crippen molar-refractivity contribution >= 4 is 5.95 Å². The summed E-state index contributed by atoms with van der Waals surface area (Å²) in [6, 6.07) is 4.22. The van der Waals surface area contributed by atoms with Crippen LogP contribution >= 0.6 is 0 Å². The molecule has 1 aromatic heterocycles. The molecule has 0 amide bonds. The molecule has 100 valence electrons. The Kier molecular flexibility index (Phi) is 3.58. The SMILES string of the molecule is N#Cc1ccnc(NCC2CN3CCCC3CO2)n1. The lowest BCUT2D eigenvalue weighted by Gasteiger charge is -2.35. The number of nitriles is 1. The second-order valence-electron chi connectivity index (χ2n) is 5.00. The molecule has 0 bridgehead atoms. The number of anilines is 1. The Labute approximate surface area is 112 Å². The van der Waals surface area contributed by atoms with Crippen LogP contribution < -0.4 is 5.32 Å². The van der Waals surface area contributed by atoms with Gasteiger partial charge in [0, 0.05) is 25.3 Å². The van der Waals surface area contributed by atoms with E-state index in [1.54, 1.807) is 12.3 Å². The van der Waals surface area contributed by atoms with Crippen molar-refractivity contribution in [1.29, 1.82) is 5.26 Å². The summed E-state index contributed by atoms with van der Waals surface area (Å²) in [5, 5.41) is 11.9. The van der Waals surface area contributed by atoms with E-state index in [1.165, 1.54) is 19.4 Å². The van der Waals surface area contributed by atoms with E-state index in [0.717, 1.165) is 13.2 Å². The molecule has 0 aromatic carbocycles. The molecule has 6 nitrogen and oxygen atoms in total. The van der Waals surface area contributed by atoms with Gasteiger partial charge in [-0.25, -0.2) is 9.97 Å². The van der Waals surface area contributed by atoms with E-state index < -0.39 is 0 Å². The van der Waals surface area contributed by atoms with E-state index in [0.29, 0.717) is 24.2 Å². The maximum Gasteiger partial charge on any atom is 0.223 e. The third-order valence-electron chi connectivity index (χ3n) is 3.72. The minimum atomic E-state index is 0.170. The molecule has 2 saturated heterocycles. The first-order valence-corrected chi connectivity index (χ1v) is 6.68. The molecule has 2 unspecified atom stereocenters. The van der Waals surface area contributed by atoms with Gasteiger partial charge in [0.15, 0.2) is 0 Å². The lowest BCUT2D eigenvalue weighted by Crippen LogP contribution is -2.48. The van der Waals surface area contributed by atoms with Crippen LogP contribution in [0.25, 0.3) is 0 Å². The number of ether oxygens (including phenoxy) is 1. The van der Waals surface area contributed by atoms with Crippen LogP contribution in [0.15, 0.2) is 12.3 Å². The average Bonchev–Trinajstić information content (AvgIpc) is 2.93. The summed E-state index contributed by atoms with van der Waals surface area (Å²) < 4.78 is 5.85. The molecule has 2 aliphatic heterocycles. The molecule has 2 atom stereocenters. The van der Waals surface area contributed by atoms with Crippen molar-refractivity contribution in [2.24, 2.45) is 0 Å². The predicted molar refractivity (Wildman–Crippen MR) is 69.6 cm³/mol. The monoisotopic (exact) mass is 259 g/mol. The third kappa shape index (κ3) is 2.83. The van der Waals surface area contributed by atoms with Gasteiger partial charge in [-0.2, -0.15) is 5.26 Å². The van der Waals surface area contributed by atoms with E-state index in [-0.39, 0.29) is 6.10 Å². The van der Waals surface area contributed by atoms with Crippen molar-refractivity contribution in [1.82, 2.24) is 14.9 Å². The van der Waals surface area contributed by atoms with Gasteiger partial charge in [0.25, 0.3) is 0 Å². The summed E-state index contributed by atoms with van der Waals surface area (Å²) in [6.45, 7) is 3.66. The number of fused-ring (bicyclic) bond motifs is 1. The Morgan fingerprint density at radius 2 is 2.53 bits per heavy atom. The minimum absolute atomic E-state index is 0.170. The summed E-state index contributed by atoms with van der Waals surface area (Å²) in [7, 11) is 0. The van der Waals surface area contributed by atoms with E-state index in [9.17, 15) is 0 Å². The van der Waals surface area contributed by atoms with Crippen LogP contribution in [0, 0.1) is 11.3 Å². The van der Waals surface area contributed by atoms with Gasteiger partial charge in [0.2, 0.25) is 5.95 Å². The summed E-state index contributed by atoms with van der Waals surface area (Å²) in [5.41, 5.74) is 0.377. The van der Waals surface area contributed by atoms with Crippen LogP contribution in [0.3, 0.4) is 0 Å². The van der Waals surface area contributed by atoms with Crippen molar-refractivity contribution in [3.05, 3.63) is 18.0 Å². The molecular formula is C13H17N5O. The Bertz CT molecular complexity index is 486. The topological polar surface area (TPSA) is 74.1 Å². The fourth-order valence-corrected chi connectivity index (χ4v) is 2.72. The Balaban J connectivity index is 1.53. The fraction of sp³-hybridized carbons (Fsp3) is 0.615. The van der Waals surface area contributed by atoms with Gasteiger partial charge in [-0.15, -0.1) is 0 Å². The molecule has 1 N–H and O–H groups in total. The van der Waals surface area contributed by atoms with Crippen molar-refractivity contribution in [2.45, 2.75) is 25.0 Å². The Morgan fingerprint density at radius 1 is 1.58 bits per heavy atom. The molecule has 1 aromatic rings. The van der Waals surface area contributed by atoms with Gasteiger partial charge in [0.1, 0.15) is 11.8 Å². The zero-order chi connectivity index (χ0) is 13.1. The molecule has 6 heteroatoms. The predicted octanol–water partition coefficient (Wildman–Crippen LogP) is 0.623. The molecule has 3 rings (SSSR count). The van der Waals surface area contributed by atoms with Crippen LogP contribution in [0.4, 0.5) is 5.95 Å². The molecule has 0 spiro atoms. The standard InChI is InChI=1S/C13H17N5O/c14-6-10-3-4-15-13(17-10)16-7-12-8-18-5-1-2-11(18)9-19-12/h3-4,11-12H,1-2,5,7-9H2,(H,15,16,17). The summed E-state index contributed by atoms with van der Waals surface area (Å²) in [4.78, 5) is 10.7. The largest absolute Gasteiger partial charge is 0.373 e. The average molecular weight is 259 g/mol. The molecule has 2 aliphatic rings. The number of nitrogens with zero attached hydrogens (tertiary/aromatic N) is 4. The molecule has 3 heterocycles. The van der Waals surface area contributed by atoms with Crippen LogP contribution in [0.2, 0.25) is 0 Å². The van der Waals surface area contributed by atoms with Crippen molar-refractivity contribution < 1.29 is 4.74 Å². The van der Waals surface area contributed by atoms with E-state index in [2.05, 4.69) is 20.2 Å². The highest BCUT2D eigenvalue weighted by Crippen LogP contribution is 2.22. The van der Waals surface area contributed by atoms with Gasteiger partial charge in [-0.05, 0) is 25.5 Å². The highest BCUT2D eigenvalue weighted by molar-refractivity contribution is 5.30. The lowest BCUT2D eigenvalue weighted by atomic mass is 10.2. The second-order valence-corrected chi connectivity index (χ2v) is 5.00. The Morgan fingerprint density at radius 3 is 3.42 bits per heavy atom. The maximum atomic E-state index is 8.78. The van der Waals surface area contributed by atoms with E-state index in [4.69, 9.17) is 10.00 Å². The van der Waals surface area contributed by atoms with E-state index >= 15 is 0 Å². The number of hydrogen-bond acceptors (Lipinski definition) is 6. The zero-order valence-corrected chi connectivity index (χ0v) is 10.7. The summed E-state index contributed by atoms with van der Waals surface area (Å²) in [6.07, 6.45) is 4.30. The van der Waals surface area contributed by atoms with Crippen LogP contribution in [-0.4, -0.2) is 53.3 Å². The van der Waals surface area contributed by atoms with E-state index in [1.807, 2.05) is 6.07 Å². The van der Waals surface area contributed by atoms with Gasteiger partial charge < -0.3 is 10.1 Å². The fourth-order valence-electron chi connectivity index (χ4n) is 2.72. The van der Waals surface area contributed by atoms with Crippen molar-refractivity contribution in [3.63, 3.8) is 0 Å². The smallest absolute Gasteiger partial charge is 0.223 e. The third-order valence-corrected chi connectivity index (χ3v) is 3.72. The highest BCUT2D eigenvalue weighted by atomic mass is 16.5. The van der Waals surface area contributed by atoms with Crippen molar-refractivity contribution in [3.8, 4) is 6.07 Å². The van der Waals surface area contributed by atoms with Gasteiger partial charge in [-0.3, -0.25) is 4.90 Å². The number of morpholine rings is 1. The first-order valence-electron chi connectivity index (χ1n) is 6.68. The van der Waals surface area contributed by atoms with Gasteiger partial charge in [0.05, 0.1) is 12.7 Å². The molecular weight excluding hydrogens is 242 g/mol. The maximum absolute atomic E-state index is 8.78. The molecule has 0 saturated carbocycles. The minimum Gasteiger partial charge on any atom is -0.373 e. The van der Waals surface area contributed by atoms with Gasteiger partial charge in [-0.1, -0.05) is 0 Å². The first kappa shape index (κ1) is 12.3. The van der Waals surface area contributed by atoms with Crippen LogP contribution in [-0.2, 0) is 4.74 Å². The molecule has 0 aliphatic carbocycles. The normalized spacial score (nSPS) is 26.7. The number of aromatic nitrogens is 2. The molecule has 19 heavy (non-hydrogen) atoms. The Hall–Kier alpha value is -1.71. The van der Waals surface area contributed by atoms with Gasteiger partial charge >= 0.3 is 0 Å². The highest BCUT2D eigenvalue weighted by Gasteiger charge is 2.31. The zero-order valence-electron chi connectivity index (χ0n) is 10.7. The first-order chi connectivity index (χ1) is 9.35. The number of hydrogen-bond donors (Lipinski definition) is 1. The van der Waals surface area contributed by atoms with Crippen LogP contribution in [0.5, 0.6) is 0 Å². The quantitative estimate of drug-likeness (QED) is 0.858. The van der Waals surface area contributed by atoms with Crippen molar-refractivity contribution in [2.75, 3.05) is 31.6 Å². The lowest BCUT2D eigenvalue weighted by molar-refractivity contribution is -0.0416. The number of nitrogens with one attached hydrogen (secondary N) is 1. The number of rotatable bonds is 3. The second kappa shape index (κ2) is 5.51. The molecule has 2 fully saturated rings. The summed E-state index contributed by atoms with van der Waals surface area (Å²) >= 11 is 0.